The highest BCUT2D eigenvalue weighted by Crippen LogP contribution is 2.23. The van der Waals surface area contributed by atoms with Crippen molar-refractivity contribution in [3.05, 3.63) is 53.6 Å². The summed E-state index contributed by atoms with van der Waals surface area (Å²) in [4.78, 5) is 23.5. The van der Waals surface area contributed by atoms with E-state index in [0.717, 1.165) is 11.3 Å². The van der Waals surface area contributed by atoms with Gasteiger partial charge in [0.1, 0.15) is 5.75 Å². The number of carbonyl (C=O) groups excluding carboxylic acids is 2. The van der Waals surface area contributed by atoms with Crippen molar-refractivity contribution in [2.75, 3.05) is 10.6 Å². The number of anilines is 2. The summed E-state index contributed by atoms with van der Waals surface area (Å²) in [6.07, 6.45) is 0.0978. The number of aryl methyl sites for hydroxylation is 1. The van der Waals surface area contributed by atoms with Crippen LogP contribution >= 0.6 is 0 Å². The van der Waals surface area contributed by atoms with Crippen LogP contribution in [0.25, 0.3) is 0 Å². The van der Waals surface area contributed by atoms with Gasteiger partial charge in [0.2, 0.25) is 5.91 Å². The van der Waals surface area contributed by atoms with Crippen LogP contribution in [0, 0.1) is 6.92 Å². The van der Waals surface area contributed by atoms with Gasteiger partial charge in [-0.3, -0.25) is 9.59 Å². The van der Waals surface area contributed by atoms with E-state index in [9.17, 15) is 9.59 Å². The van der Waals surface area contributed by atoms with Crippen molar-refractivity contribution in [3.8, 4) is 5.75 Å². The third kappa shape index (κ3) is 4.84. The summed E-state index contributed by atoms with van der Waals surface area (Å²) in [6.45, 7) is 7.30. The van der Waals surface area contributed by atoms with E-state index < -0.39 is 0 Å². The fourth-order valence-corrected chi connectivity index (χ4v) is 2.26. The summed E-state index contributed by atoms with van der Waals surface area (Å²) >= 11 is 0. The third-order valence-electron chi connectivity index (χ3n) is 3.24. The van der Waals surface area contributed by atoms with Crippen LogP contribution in [0.1, 0.15) is 36.7 Å². The molecule has 0 saturated heterocycles. The molecular formula is C19H22N2O3. The van der Waals surface area contributed by atoms with Gasteiger partial charge in [-0.25, -0.2) is 0 Å². The van der Waals surface area contributed by atoms with Gasteiger partial charge in [-0.05, 0) is 62.7 Å². The zero-order chi connectivity index (χ0) is 17.7. The Labute approximate surface area is 142 Å². The fourth-order valence-electron chi connectivity index (χ4n) is 2.26. The van der Waals surface area contributed by atoms with Gasteiger partial charge in [0.05, 0.1) is 6.10 Å². The Morgan fingerprint density at radius 1 is 1.00 bits per heavy atom. The number of rotatable bonds is 5. The lowest BCUT2D eigenvalue weighted by Gasteiger charge is -2.14. The van der Waals surface area contributed by atoms with Gasteiger partial charge in [-0.1, -0.05) is 6.07 Å². The number of nitrogens with one attached hydrogen (secondary N) is 2. The maximum absolute atomic E-state index is 12.4. The van der Waals surface area contributed by atoms with E-state index in [1.54, 1.807) is 30.3 Å². The van der Waals surface area contributed by atoms with Crippen LogP contribution in [0.3, 0.4) is 0 Å². The van der Waals surface area contributed by atoms with Gasteiger partial charge in [0.25, 0.3) is 5.91 Å². The average molecular weight is 326 g/mol. The van der Waals surface area contributed by atoms with Gasteiger partial charge in [0, 0.05) is 23.9 Å². The molecule has 0 radical (unpaired) electrons. The molecule has 0 fully saturated rings. The molecule has 0 aromatic heterocycles. The van der Waals surface area contributed by atoms with Crippen molar-refractivity contribution in [2.24, 2.45) is 0 Å². The van der Waals surface area contributed by atoms with E-state index in [1.165, 1.54) is 6.92 Å². The molecule has 0 heterocycles. The highest BCUT2D eigenvalue weighted by atomic mass is 16.5. The molecule has 2 amide bonds. The summed E-state index contributed by atoms with van der Waals surface area (Å²) in [5.74, 6) is 0.388. The minimum atomic E-state index is -0.237. The monoisotopic (exact) mass is 326 g/mol. The van der Waals surface area contributed by atoms with Crippen LogP contribution in [0.4, 0.5) is 11.4 Å². The first-order valence-corrected chi connectivity index (χ1v) is 7.81. The van der Waals surface area contributed by atoms with Crippen LogP contribution in [0.5, 0.6) is 5.75 Å². The fraction of sp³-hybridized carbons (Fsp3) is 0.263. The average Bonchev–Trinajstić information content (AvgIpc) is 2.49. The quantitative estimate of drug-likeness (QED) is 0.873. The molecule has 2 N–H and O–H groups in total. The third-order valence-corrected chi connectivity index (χ3v) is 3.24. The number of ether oxygens (including phenoxy) is 1. The van der Waals surface area contributed by atoms with Gasteiger partial charge < -0.3 is 15.4 Å². The molecule has 5 heteroatoms. The number of hydrogen-bond acceptors (Lipinski definition) is 3. The molecule has 0 aliphatic rings. The molecule has 126 valence electrons. The summed E-state index contributed by atoms with van der Waals surface area (Å²) in [5, 5.41) is 5.52. The van der Waals surface area contributed by atoms with Gasteiger partial charge in [-0.2, -0.15) is 0 Å². The Kier molecular flexibility index (Phi) is 5.58. The van der Waals surface area contributed by atoms with Crippen LogP contribution < -0.4 is 15.4 Å². The maximum atomic E-state index is 12.4. The predicted molar refractivity (Wildman–Crippen MR) is 95.6 cm³/mol. The molecular weight excluding hydrogens is 304 g/mol. The highest BCUT2D eigenvalue weighted by molar-refractivity contribution is 6.05. The lowest BCUT2D eigenvalue weighted by atomic mass is 10.1. The van der Waals surface area contributed by atoms with E-state index in [0.29, 0.717) is 16.9 Å². The Morgan fingerprint density at radius 3 is 2.33 bits per heavy atom. The second-order valence-electron chi connectivity index (χ2n) is 5.86. The zero-order valence-corrected chi connectivity index (χ0v) is 14.3. The van der Waals surface area contributed by atoms with Crippen LogP contribution in [0.2, 0.25) is 0 Å². The van der Waals surface area contributed by atoms with Gasteiger partial charge in [-0.15, -0.1) is 0 Å². The molecule has 0 unspecified atom stereocenters. The first kappa shape index (κ1) is 17.5. The Bertz CT molecular complexity index is 754. The zero-order valence-electron chi connectivity index (χ0n) is 14.3. The van der Waals surface area contributed by atoms with E-state index in [2.05, 4.69) is 10.6 Å². The Balaban J connectivity index is 2.12. The van der Waals surface area contributed by atoms with Gasteiger partial charge in [0.15, 0.2) is 0 Å². The standard InChI is InChI=1S/C19H22N2O3/c1-12(2)24-18-9-8-17(10-13(18)3)21-19(23)15-6-5-7-16(11-15)20-14(4)22/h5-12H,1-4H3,(H,20,22)(H,21,23). The molecule has 0 atom stereocenters. The molecule has 5 nitrogen and oxygen atoms in total. The number of benzene rings is 2. The minimum absolute atomic E-state index is 0.0978. The molecule has 2 aromatic rings. The molecule has 0 aliphatic carbocycles. The molecule has 2 rings (SSSR count). The number of amides is 2. The molecule has 2 aromatic carbocycles. The lowest BCUT2D eigenvalue weighted by molar-refractivity contribution is -0.114. The van der Waals surface area contributed by atoms with E-state index in [4.69, 9.17) is 4.74 Å². The highest BCUT2D eigenvalue weighted by Gasteiger charge is 2.09. The van der Waals surface area contributed by atoms with Crippen molar-refractivity contribution in [1.82, 2.24) is 0 Å². The second kappa shape index (κ2) is 7.64. The van der Waals surface area contributed by atoms with E-state index in [1.807, 2.05) is 32.9 Å². The Hall–Kier alpha value is -2.82. The van der Waals surface area contributed by atoms with Crippen molar-refractivity contribution < 1.29 is 14.3 Å². The first-order valence-electron chi connectivity index (χ1n) is 7.81. The lowest BCUT2D eigenvalue weighted by Crippen LogP contribution is -2.13. The SMILES string of the molecule is CC(=O)Nc1cccc(C(=O)Nc2ccc(OC(C)C)c(C)c2)c1. The molecule has 0 bridgehead atoms. The predicted octanol–water partition coefficient (Wildman–Crippen LogP) is 3.99. The summed E-state index contributed by atoms with van der Waals surface area (Å²) in [7, 11) is 0. The second-order valence-corrected chi connectivity index (χ2v) is 5.86. The van der Waals surface area contributed by atoms with Crippen LogP contribution in [0.15, 0.2) is 42.5 Å². The first-order chi connectivity index (χ1) is 11.3. The number of hydrogen-bond donors (Lipinski definition) is 2. The topological polar surface area (TPSA) is 67.4 Å². The Morgan fingerprint density at radius 2 is 1.71 bits per heavy atom. The van der Waals surface area contributed by atoms with E-state index >= 15 is 0 Å². The largest absolute Gasteiger partial charge is 0.491 e. The van der Waals surface area contributed by atoms with Crippen molar-refractivity contribution in [2.45, 2.75) is 33.8 Å². The number of carbonyl (C=O) groups is 2. The minimum Gasteiger partial charge on any atom is -0.491 e. The van der Waals surface area contributed by atoms with E-state index in [-0.39, 0.29) is 17.9 Å². The van der Waals surface area contributed by atoms with Crippen molar-refractivity contribution in [3.63, 3.8) is 0 Å². The summed E-state index contributed by atoms with van der Waals surface area (Å²) < 4.78 is 5.69. The summed E-state index contributed by atoms with van der Waals surface area (Å²) in [5.41, 5.74) is 2.71. The van der Waals surface area contributed by atoms with Crippen LogP contribution in [-0.4, -0.2) is 17.9 Å². The normalized spacial score (nSPS) is 10.4. The van der Waals surface area contributed by atoms with Crippen molar-refractivity contribution >= 4 is 23.2 Å². The van der Waals surface area contributed by atoms with Crippen molar-refractivity contribution in [1.29, 1.82) is 0 Å². The maximum Gasteiger partial charge on any atom is 0.255 e. The smallest absolute Gasteiger partial charge is 0.255 e. The molecule has 0 saturated carbocycles. The summed E-state index contributed by atoms with van der Waals surface area (Å²) in [6, 6.07) is 12.3. The molecule has 0 aliphatic heterocycles. The molecule has 0 spiro atoms. The van der Waals surface area contributed by atoms with Crippen LogP contribution in [-0.2, 0) is 4.79 Å². The molecule has 24 heavy (non-hydrogen) atoms. The van der Waals surface area contributed by atoms with Gasteiger partial charge >= 0.3 is 0 Å².